The molecule has 15 heteroatoms. The number of fused-ring (bicyclic) bond motifs is 2. The molecule has 3 saturated heterocycles. The Morgan fingerprint density at radius 2 is 1.73 bits per heavy atom. The molecule has 0 aliphatic carbocycles. The number of ether oxygens (including phenoxy) is 1. The highest BCUT2D eigenvalue weighted by molar-refractivity contribution is 5.98. The van der Waals surface area contributed by atoms with E-state index in [-0.39, 0.29) is 32.0 Å². The molecule has 15 nitrogen and oxygen atoms in total. The van der Waals surface area contributed by atoms with E-state index in [1.165, 1.54) is 59.9 Å². The van der Waals surface area contributed by atoms with E-state index < -0.39 is 84.3 Å². The number of likely N-dealkylation sites (N-methyl/N-ethyl adjacent to an activating group) is 1. The lowest BCUT2D eigenvalue weighted by Crippen LogP contribution is -2.60. The Bertz CT molecular complexity index is 1530. The van der Waals surface area contributed by atoms with Crippen LogP contribution in [0.3, 0.4) is 0 Å². The number of rotatable bonds is 8. The van der Waals surface area contributed by atoms with Gasteiger partial charge in [-0.3, -0.25) is 28.8 Å². The summed E-state index contributed by atoms with van der Waals surface area (Å²) in [5.41, 5.74) is 0.721. The number of nitrogens with one attached hydrogen (secondary N) is 3. The van der Waals surface area contributed by atoms with E-state index in [0.29, 0.717) is 19.3 Å². The van der Waals surface area contributed by atoms with E-state index >= 15 is 0 Å². The van der Waals surface area contributed by atoms with Gasteiger partial charge in [-0.05, 0) is 44.6 Å². The van der Waals surface area contributed by atoms with Crippen LogP contribution >= 0.6 is 0 Å². The quantitative estimate of drug-likeness (QED) is 0.156. The second kappa shape index (κ2) is 17.7. The topological polar surface area (TPSA) is 195 Å². The number of cyclic esters (lactones) is 1. The highest BCUT2D eigenvalue weighted by Gasteiger charge is 2.44. The van der Waals surface area contributed by atoms with Gasteiger partial charge in [0.25, 0.3) is 0 Å². The lowest BCUT2D eigenvalue weighted by molar-refractivity contribution is -0.158. The number of esters is 1. The van der Waals surface area contributed by atoms with Gasteiger partial charge in [0.15, 0.2) is 0 Å². The molecule has 7 atom stereocenters. The average molecular weight is 709 g/mol. The van der Waals surface area contributed by atoms with E-state index in [1.54, 1.807) is 30.3 Å². The van der Waals surface area contributed by atoms with Gasteiger partial charge < -0.3 is 40.5 Å². The summed E-state index contributed by atoms with van der Waals surface area (Å²) < 4.78 is 5.66. The summed E-state index contributed by atoms with van der Waals surface area (Å²) in [7, 11) is 1.45. The third kappa shape index (κ3) is 9.81. The maximum absolute atomic E-state index is 14.2. The normalized spacial score (nSPS) is 27.3. The van der Waals surface area contributed by atoms with Crippen LogP contribution in [0.2, 0.25) is 0 Å². The standard InChI is InChI=1S/C36H48N6O9/c1-22-18-29-36(50)51-21-27(39-32(46)26(19-25-12-7-5-8-13-25)38-30(44)15-9-6-10-17-43)34(48)41-16-11-14-28(41)35(49)40(4)24(3)31(45)37-23(2)33(47)42(29)20-22/h5-10,12-13,15,22-24,26-29,43H,11,14,16-21H2,1-4H3,(H,37,45)(H,38,44)(H,39,46)/b10-6+,15-9+/t22-,23-,24-,26-,27-,28-,29-/m0/s1. The van der Waals surface area contributed by atoms with Crippen molar-refractivity contribution < 1.29 is 43.4 Å². The molecule has 1 aromatic carbocycles. The van der Waals surface area contributed by atoms with Crippen molar-refractivity contribution in [2.45, 2.75) is 82.7 Å². The summed E-state index contributed by atoms with van der Waals surface area (Å²) in [4.78, 5) is 98.8. The molecule has 4 N–H and O–H groups in total. The minimum absolute atomic E-state index is 0.0582. The van der Waals surface area contributed by atoms with Gasteiger partial charge in [-0.2, -0.15) is 0 Å². The SMILES string of the molecule is C[C@H]1C[C@H]2C(=O)OC[C@H](NC(=O)[C@H](Cc3ccccc3)NC(=O)/C=C/C=C/CO)C(=O)N3CCC[C@H]3C(=O)N(C)[C@@H](C)C(=O)N[C@@H](C)C(=O)N2C1. The van der Waals surface area contributed by atoms with Crippen molar-refractivity contribution in [2.75, 3.05) is 33.4 Å². The number of benzene rings is 1. The zero-order valence-corrected chi connectivity index (χ0v) is 29.4. The van der Waals surface area contributed by atoms with Crippen molar-refractivity contribution in [2.24, 2.45) is 5.92 Å². The molecule has 6 amide bonds. The van der Waals surface area contributed by atoms with Crippen LogP contribution in [0.4, 0.5) is 0 Å². The number of nitrogens with zero attached hydrogens (tertiary/aromatic N) is 3. The zero-order chi connectivity index (χ0) is 37.2. The number of hydrogen-bond acceptors (Lipinski definition) is 9. The predicted molar refractivity (Wildman–Crippen MR) is 184 cm³/mol. The van der Waals surface area contributed by atoms with E-state index in [9.17, 15) is 33.6 Å². The monoisotopic (exact) mass is 708 g/mol. The van der Waals surface area contributed by atoms with Crippen molar-refractivity contribution in [3.63, 3.8) is 0 Å². The number of hydrogen-bond donors (Lipinski definition) is 4. The molecule has 3 heterocycles. The summed E-state index contributed by atoms with van der Waals surface area (Å²) in [5, 5.41) is 16.9. The first-order valence-corrected chi connectivity index (χ1v) is 17.3. The number of aliphatic hydroxyl groups excluding tert-OH is 1. The second-order valence-corrected chi connectivity index (χ2v) is 13.3. The fourth-order valence-electron chi connectivity index (χ4n) is 6.52. The van der Waals surface area contributed by atoms with E-state index in [2.05, 4.69) is 16.0 Å². The molecular formula is C36H48N6O9. The van der Waals surface area contributed by atoms with Crippen molar-refractivity contribution in [3.05, 3.63) is 60.2 Å². The van der Waals surface area contributed by atoms with Crippen molar-refractivity contribution in [1.82, 2.24) is 30.7 Å². The Morgan fingerprint density at radius 1 is 1.00 bits per heavy atom. The number of carbonyl (C=O) groups excluding carboxylic acids is 7. The summed E-state index contributed by atoms with van der Waals surface area (Å²) in [6.07, 6.45) is 6.61. The smallest absolute Gasteiger partial charge is 0.328 e. The lowest BCUT2D eigenvalue weighted by Gasteiger charge is -2.34. The summed E-state index contributed by atoms with van der Waals surface area (Å²) >= 11 is 0. The molecule has 0 aromatic heterocycles. The van der Waals surface area contributed by atoms with Gasteiger partial charge in [-0.25, -0.2) is 4.79 Å². The van der Waals surface area contributed by atoms with Crippen LogP contribution in [0, 0.1) is 5.92 Å². The van der Waals surface area contributed by atoms with Crippen LogP contribution in [-0.4, -0.2) is 131 Å². The lowest BCUT2D eigenvalue weighted by atomic mass is 10.0. The number of allylic oxidation sites excluding steroid dienone is 2. The van der Waals surface area contributed by atoms with Crippen LogP contribution in [-0.2, 0) is 44.7 Å². The molecule has 276 valence electrons. The molecule has 0 spiro atoms. The largest absolute Gasteiger partial charge is 0.461 e. The van der Waals surface area contributed by atoms with Gasteiger partial charge in [0.2, 0.25) is 35.4 Å². The molecule has 3 fully saturated rings. The molecule has 0 unspecified atom stereocenters. The third-order valence-electron chi connectivity index (χ3n) is 9.45. The molecule has 0 saturated carbocycles. The van der Waals surface area contributed by atoms with Crippen LogP contribution < -0.4 is 16.0 Å². The molecule has 3 aliphatic rings. The predicted octanol–water partition coefficient (Wildman–Crippen LogP) is -0.560. The number of carbonyl (C=O) groups is 7. The fraction of sp³-hybridized carbons (Fsp3) is 0.528. The van der Waals surface area contributed by atoms with Gasteiger partial charge >= 0.3 is 5.97 Å². The minimum Gasteiger partial charge on any atom is -0.461 e. The third-order valence-corrected chi connectivity index (χ3v) is 9.45. The van der Waals surface area contributed by atoms with E-state index in [0.717, 1.165) is 5.56 Å². The fourth-order valence-corrected chi connectivity index (χ4v) is 6.52. The van der Waals surface area contributed by atoms with Gasteiger partial charge in [-0.1, -0.05) is 55.5 Å². The number of amides is 6. The van der Waals surface area contributed by atoms with Crippen LogP contribution in [0.15, 0.2) is 54.6 Å². The van der Waals surface area contributed by atoms with E-state index in [1.807, 2.05) is 6.92 Å². The van der Waals surface area contributed by atoms with Crippen LogP contribution in [0.1, 0.15) is 45.6 Å². The Kier molecular flexibility index (Phi) is 13.5. The van der Waals surface area contributed by atoms with Crippen molar-refractivity contribution >= 4 is 41.4 Å². The van der Waals surface area contributed by atoms with Gasteiger partial charge in [0, 0.05) is 32.6 Å². The molecular weight excluding hydrogens is 660 g/mol. The van der Waals surface area contributed by atoms with Crippen molar-refractivity contribution in [1.29, 1.82) is 0 Å². The first-order chi connectivity index (χ1) is 24.3. The first-order valence-electron chi connectivity index (χ1n) is 17.3. The highest BCUT2D eigenvalue weighted by Crippen LogP contribution is 2.26. The van der Waals surface area contributed by atoms with Gasteiger partial charge in [0.05, 0.1) is 6.61 Å². The zero-order valence-electron chi connectivity index (χ0n) is 29.4. The summed E-state index contributed by atoms with van der Waals surface area (Å²) in [6, 6.07) is 2.39. The Labute approximate surface area is 297 Å². The molecule has 0 radical (unpaired) electrons. The second-order valence-electron chi connectivity index (χ2n) is 13.3. The van der Waals surface area contributed by atoms with Gasteiger partial charge in [0.1, 0.15) is 42.9 Å². The molecule has 4 rings (SSSR count). The minimum atomic E-state index is -1.45. The van der Waals surface area contributed by atoms with Crippen LogP contribution in [0.25, 0.3) is 0 Å². The maximum Gasteiger partial charge on any atom is 0.328 e. The maximum atomic E-state index is 14.2. The molecule has 0 bridgehead atoms. The average Bonchev–Trinajstić information content (AvgIpc) is 3.77. The highest BCUT2D eigenvalue weighted by atomic mass is 16.5. The van der Waals surface area contributed by atoms with Crippen LogP contribution in [0.5, 0.6) is 0 Å². The molecule has 1 aromatic rings. The Balaban J connectivity index is 1.66. The van der Waals surface area contributed by atoms with Crippen molar-refractivity contribution in [3.8, 4) is 0 Å². The Hall–Kier alpha value is -5.05. The number of aliphatic hydroxyl groups is 1. The Morgan fingerprint density at radius 3 is 2.43 bits per heavy atom. The van der Waals surface area contributed by atoms with Gasteiger partial charge in [-0.15, -0.1) is 0 Å². The summed E-state index contributed by atoms with van der Waals surface area (Å²) in [6.45, 7) is 4.53. The molecule has 51 heavy (non-hydrogen) atoms. The molecule has 3 aliphatic heterocycles. The first kappa shape index (κ1) is 38.7. The van der Waals surface area contributed by atoms with E-state index in [4.69, 9.17) is 9.84 Å². The summed E-state index contributed by atoms with van der Waals surface area (Å²) in [5.74, 6) is -4.42.